The number of ether oxygens (including phenoxy) is 2. The molecule has 2 aliphatic heterocycles. The third-order valence-corrected chi connectivity index (χ3v) is 6.33. The lowest BCUT2D eigenvalue weighted by Crippen LogP contribution is -2.49. The summed E-state index contributed by atoms with van der Waals surface area (Å²) in [4.78, 5) is 0. The van der Waals surface area contributed by atoms with Crippen molar-refractivity contribution in [1.29, 1.82) is 0 Å². The van der Waals surface area contributed by atoms with Crippen LogP contribution in [0.3, 0.4) is 0 Å². The summed E-state index contributed by atoms with van der Waals surface area (Å²) in [6.45, 7) is 13.7. The van der Waals surface area contributed by atoms with Crippen molar-refractivity contribution in [3.63, 3.8) is 0 Å². The molecule has 3 heterocycles. The van der Waals surface area contributed by atoms with Crippen LogP contribution in [0.2, 0.25) is 0 Å². The zero-order chi connectivity index (χ0) is 20.7. The second-order valence-electron chi connectivity index (χ2n) is 9.43. The Morgan fingerprint density at radius 1 is 1.07 bits per heavy atom. The molecule has 0 atom stereocenters. The summed E-state index contributed by atoms with van der Waals surface area (Å²) in [6.07, 6.45) is 2.05. The van der Waals surface area contributed by atoms with E-state index in [1.54, 1.807) is 0 Å². The van der Waals surface area contributed by atoms with Gasteiger partial charge in [-0.05, 0) is 40.2 Å². The highest BCUT2D eigenvalue weighted by Gasteiger charge is 2.52. The first kappa shape index (κ1) is 20.6. The molecule has 2 aliphatic rings. The molecule has 1 aromatic carbocycles. The summed E-state index contributed by atoms with van der Waals surface area (Å²) < 4.78 is 26.0. The van der Waals surface area contributed by atoms with Crippen molar-refractivity contribution in [1.82, 2.24) is 9.78 Å². The van der Waals surface area contributed by atoms with Gasteiger partial charge >= 0.3 is 7.12 Å². The highest BCUT2D eigenvalue weighted by atomic mass is 16.7. The fraction of sp³-hybridized carbons (Fsp3) is 0.591. The lowest BCUT2D eigenvalue weighted by atomic mass is 9.79. The Balaban J connectivity index is 1.41. The minimum Gasteiger partial charge on any atom is -0.399 e. The van der Waals surface area contributed by atoms with Crippen LogP contribution in [-0.4, -0.2) is 47.9 Å². The van der Waals surface area contributed by atoms with Crippen LogP contribution in [0.15, 0.2) is 36.5 Å². The molecule has 2 saturated heterocycles. The molecule has 0 bridgehead atoms. The Labute approximate surface area is 173 Å². The Kier molecular flexibility index (Phi) is 5.36. The molecule has 4 rings (SSSR count). The highest BCUT2D eigenvalue weighted by molar-refractivity contribution is 6.62. The van der Waals surface area contributed by atoms with Crippen LogP contribution in [0, 0.1) is 12.3 Å². The van der Waals surface area contributed by atoms with Crippen LogP contribution in [0.25, 0.3) is 0 Å². The van der Waals surface area contributed by atoms with Gasteiger partial charge in [-0.3, -0.25) is 4.68 Å². The van der Waals surface area contributed by atoms with Crippen molar-refractivity contribution in [2.75, 3.05) is 19.8 Å². The molecule has 0 aliphatic carbocycles. The van der Waals surface area contributed by atoms with E-state index in [9.17, 15) is 0 Å². The minimum absolute atomic E-state index is 0.0412. The lowest BCUT2D eigenvalue weighted by molar-refractivity contribution is -0.159. The Morgan fingerprint density at radius 3 is 2.31 bits per heavy atom. The second kappa shape index (κ2) is 7.54. The van der Waals surface area contributed by atoms with E-state index < -0.39 is 7.12 Å². The third kappa shape index (κ3) is 4.15. The van der Waals surface area contributed by atoms with E-state index in [4.69, 9.17) is 23.9 Å². The average molecular weight is 398 g/mol. The van der Waals surface area contributed by atoms with E-state index in [2.05, 4.69) is 46.0 Å². The van der Waals surface area contributed by atoms with Gasteiger partial charge < -0.3 is 18.8 Å². The van der Waals surface area contributed by atoms with Gasteiger partial charge in [0.05, 0.1) is 55.3 Å². The van der Waals surface area contributed by atoms with Crippen molar-refractivity contribution in [2.45, 2.75) is 59.0 Å². The zero-order valence-electron chi connectivity index (χ0n) is 18.1. The summed E-state index contributed by atoms with van der Waals surface area (Å²) >= 11 is 0. The normalized spacial score (nSPS) is 21.9. The van der Waals surface area contributed by atoms with Crippen LogP contribution in [-0.2, 0) is 31.9 Å². The minimum atomic E-state index is -0.392. The van der Waals surface area contributed by atoms with Crippen molar-refractivity contribution in [3.8, 4) is 0 Å². The number of hydrogen-bond acceptors (Lipinski definition) is 5. The number of rotatable bonds is 7. The molecule has 29 heavy (non-hydrogen) atoms. The molecule has 0 amide bonds. The molecule has 0 spiro atoms. The van der Waals surface area contributed by atoms with Gasteiger partial charge in [0, 0.05) is 11.7 Å². The number of hydrogen-bond donors (Lipinski definition) is 0. The highest BCUT2D eigenvalue weighted by Crippen LogP contribution is 2.37. The quantitative estimate of drug-likeness (QED) is 0.672. The molecule has 0 N–H and O–H groups in total. The number of benzene rings is 1. The SMILES string of the molecule is Cc1nn(CC2(COCc3ccccc3)COC2)cc1B1OC(C)(C)C(C)(C)O1. The van der Waals surface area contributed by atoms with Gasteiger partial charge in [-0.2, -0.15) is 5.10 Å². The Bertz CT molecular complexity index is 830. The van der Waals surface area contributed by atoms with E-state index in [0.717, 1.165) is 17.7 Å². The maximum Gasteiger partial charge on any atom is 0.498 e. The zero-order valence-corrected chi connectivity index (χ0v) is 18.1. The van der Waals surface area contributed by atoms with Gasteiger partial charge in [0.25, 0.3) is 0 Å². The molecule has 2 fully saturated rings. The van der Waals surface area contributed by atoms with Crippen LogP contribution in [0.5, 0.6) is 0 Å². The van der Waals surface area contributed by atoms with E-state index in [-0.39, 0.29) is 16.6 Å². The predicted octanol–water partition coefficient (Wildman–Crippen LogP) is 2.72. The van der Waals surface area contributed by atoms with Crippen molar-refractivity contribution in [3.05, 3.63) is 47.8 Å². The summed E-state index contributed by atoms with van der Waals surface area (Å²) in [7, 11) is -0.392. The summed E-state index contributed by atoms with van der Waals surface area (Å²) in [5.74, 6) is 0. The first-order valence-electron chi connectivity index (χ1n) is 10.3. The summed E-state index contributed by atoms with van der Waals surface area (Å²) in [6, 6.07) is 10.2. The number of nitrogens with zero attached hydrogens (tertiary/aromatic N) is 2. The molecule has 156 valence electrons. The molecular weight excluding hydrogens is 367 g/mol. The van der Waals surface area contributed by atoms with Crippen LogP contribution < -0.4 is 5.46 Å². The molecule has 1 aromatic heterocycles. The van der Waals surface area contributed by atoms with Crippen molar-refractivity contribution >= 4 is 12.6 Å². The fourth-order valence-corrected chi connectivity index (χ4v) is 3.73. The molecule has 0 radical (unpaired) electrons. The van der Waals surface area contributed by atoms with Gasteiger partial charge in [0.2, 0.25) is 0 Å². The second-order valence-corrected chi connectivity index (χ2v) is 9.43. The molecule has 0 unspecified atom stereocenters. The smallest absolute Gasteiger partial charge is 0.399 e. The summed E-state index contributed by atoms with van der Waals surface area (Å²) in [5, 5.41) is 4.73. The van der Waals surface area contributed by atoms with Crippen molar-refractivity contribution < 1.29 is 18.8 Å². The van der Waals surface area contributed by atoms with Crippen LogP contribution in [0.4, 0.5) is 0 Å². The first-order chi connectivity index (χ1) is 13.7. The standard InChI is InChI=1S/C22H31BN2O4/c1-17-19(23-28-20(2,3)21(4,5)29-23)11-25(24-17)13-22(15-27-16-22)14-26-12-18-9-7-6-8-10-18/h6-11H,12-16H2,1-5H3. The summed E-state index contributed by atoms with van der Waals surface area (Å²) in [5.41, 5.74) is 2.34. The molecule has 0 saturated carbocycles. The number of aryl methyl sites for hydroxylation is 1. The van der Waals surface area contributed by atoms with Gasteiger partial charge in [0.15, 0.2) is 0 Å². The van der Waals surface area contributed by atoms with Gasteiger partial charge in [-0.25, -0.2) is 0 Å². The molecular formula is C22H31BN2O4. The Hall–Kier alpha value is -1.67. The molecule has 6 nitrogen and oxygen atoms in total. The van der Waals surface area contributed by atoms with E-state index in [1.165, 1.54) is 5.56 Å². The Morgan fingerprint density at radius 2 is 1.72 bits per heavy atom. The number of aromatic nitrogens is 2. The maximum absolute atomic E-state index is 6.20. The largest absolute Gasteiger partial charge is 0.498 e. The monoisotopic (exact) mass is 398 g/mol. The average Bonchev–Trinajstić information content (AvgIpc) is 3.09. The maximum atomic E-state index is 6.20. The van der Waals surface area contributed by atoms with Crippen molar-refractivity contribution in [2.24, 2.45) is 5.41 Å². The topological polar surface area (TPSA) is 54.7 Å². The third-order valence-electron chi connectivity index (χ3n) is 6.33. The molecule has 2 aromatic rings. The van der Waals surface area contributed by atoms with Gasteiger partial charge in [0.1, 0.15) is 0 Å². The predicted molar refractivity (Wildman–Crippen MR) is 112 cm³/mol. The van der Waals surface area contributed by atoms with Gasteiger partial charge in [-0.15, -0.1) is 0 Å². The van der Waals surface area contributed by atoms with Gasteiger partial charge in [-0.1, -0.05) is 30.3 Å². The fourth-order valence-electron chi connectivity index (χ4n) is 3.73. The van der Waals surface area contributed by atoms with Crippen LogP contribution in [0.1, 0.15) is 39.0 Å². The first-order valence-corrected chi connectivity index (χ1v) is 10.3. The van der Waals surface area contributed by atoms with E-state index >= 15 is 0 Å². The van der Waals surface area contributed by atoms with Crippen LogP contribution >= 0.6 is 0 Å². The van der Waals surface area contributed by atoms with E-state index in [1.807, 2.05) is 29.8 Å². The molecule has 7 heteroatoms. The van der Waals surface area contributed by atoms with E-state index in [0.29, 0.717) is 26.4 Å². The lowest BCUT2D eigenvalue weighted by Gasteiger charge is -2.41.